The Morgan fingerprint density at radius 2 is 2.14 bits per heavy atom. The maximum atomic E-state index is 12.3. The first-order valence-electron chi connectivity index (χ1n) is 6.46. The second-order valence-corrected chi connectivity index (χ2v) is 4.73. The minimum Gasteiger partial charge on any atom is -0.457 e. The molecule has 0 bridgehead atoms. The molecule has 21 heavy (non-hydrogen) atoms. The number of rotatable bonds is 3. The van der Waals surface area contributed by atoms with Crippen molar-refractivity contribution in [3.8, 4) is 0 Å². The van der Waals surface area contributed by atoms with Crippen LogP contribution >= 0.6 is 0 Å². The van der Waals surface area contributed by atoms with Gasteiger partial charge in [0, 0.05) is 12.4 Å². The van der Waals surface area contributed by atoms with Crippen molar-refractivity contribution in [3.05, 3.63) is 46.7 Å². The molecule has 0 radical (unpaired) electrons. The summed E-state index contributed by atoms with van der Waals surface area (Å²) in [6.07, 6.45) is 3.35. The van der Waals surface area contributed by atoms with Gasteiger partial charge in [-0.3, -0.25) is 0 Å². The summed E-state index contributed by atoms with van der Waals surface area (Å²) in [5, 5.41) is 8.07. The van der Waals surface area contributed by atoms with Gasteiger partial charge < -0.3 is 9.26 Å². The fourth-order valence-electron chi connectivity index (χ4n) is 2.15. The predicted octanol–water partition coefficient (Wildman–Crippen LogP) is 2.00. The van der Waals surface area contributed by atoms with Gasteiger partial charge in [-0.25, -0.2) is 14.3 Å². The van der Waals surface area contributed by atoms with Crippen LogP contribution in [0.5, 0.6) is 0 Å². The van der Waals surface area contributed by atoms with Crippen LogP contribution in [-0.4, -0.2) is 25.7 Å². The quantitative estimate of drug-likeness (QED) is 0.685. The molecule has 0 aliphatic rings. The first-order valence-corrected chi connectivity index (χ1v) is 6.46. The third-order valence-electron chi connectivity index (χ3n) is 3.30. The fourth-order valence-corrected chi connectivity index (χ4v) is 2.15. The van der Waals surface area contributed by atoms with Crippen molar-refractivity contribution in [3.63, 3.8) is 0 Å². The lowest BCUT2D eigenvalue weighted by molar-refractivity contribution is 0.0472. The first-order chi connectivity index (χ1) is 10.1. The van der Waals surface area contributed by atoms with Gasteiger partial charge in [0.1, 0.15) is 17.9 Å². The molecular formula is C14H14N4O3. The lowest BCUT2D eigenvalue weighted by atomic mass is 10.2. The lowest BCUT2D eigenvalue weighted by Crippen LogP contribution is -2.07. The lowest BCUT2D eigenvalue weighted by Gasteiger charge is -2.03. The number of carbonyl (C=O) groups excluding carboxylic acids is 1. The molecule has 0 aliphatic heterocycles. The number of fused-ring (bicyclic) bond motifs is 1. The van der Waals surface area contributed by atoms with Crippen LogP contribution in [-0.2, 0) is 11.3 Å². The normalized spacial score (nSPS) is 11.0. The molecule has 0 saturated heterocycles. The molecule has 7 nitrogen and oxygen atoms in total. The zero-order valence-electron chi connectivity index (χ0n) is 12.0. The van der Waals surface area contributed by atoms with Gasteiger partial charge in [0.25, 0.3) is 0 Å². The molecule has 0 atom stereocenters. The monoisotopic (exact) mass is 286 g/mol. The van der Waals surface area contributed by atoms with Crippen LogP contribution in [0, 0.1) is 20.8 Å². The Hall–Kier alpha value is -2.70. The van der Waals surface area contributed by atoms with E-state index in [0.29, 0.717) is 22.7 Å². The Morgan fingerprint density at radius 3 is 2.86 bits per heavy atom. The number of aryl methyl sites for hydroxylation is 3. The molecule has 0 saturated carbocycles. The van der Waals surface area contributed by atoms with Crippen molar-refractivity contribution < 1.29 is 14.1 Å². The Labute approximate surface area is 120 Å². The molecular weight excluding hydrogens is 272 g/mol. The SMILES string of the molecule is Cc1noc(C)c1COC(=O)c1c(C)nn2cccnc12. The van der Waals surface area contributed by atoms with E-state index < -0.39 is 5.97 Å². The average Bonchev–Trinajstić information content (AvgIpc) is 2.96. The maximum absolute atomic E-state index is 12.3. The Bertz CT molecular complexity index is 799. The zero-order chi connectivity index (χ0) is 15.0. The number of aromatic nitrogens is 4. The third kappa shape index (κ3) is 2.26. The van der Waals surface area contributed by atoms with E-state index in [2.05, 4.69) is 15.2 Å². The molecule has 0 unspecified atom stereocenters. The number of hydrogen-bond acceptors (Lipinski definition) is 6. The summed E-state index contributed by atoms with van der Waals surface area (Å²) in [7, 11) is 0. The highest BCUT2D eigenvalue weighted by atomic mass is 16.5. The predicted molar refractivity (Wildman–Crippen MR) is 72.8 cm³/mol. The van der Waals surface area contributed by atoms with E-state index in [9.17, 15) is 4.79 Å². The molecule has 0 amide bonds. The molecule has 7 heteroatoms. The molecule has 3 rings (SSSR count). The molecule has 3 heterocycles. The molecule has 0 fully saturated rings. The van der Waals surface area contributed by atoms with E-state index in [-0.39, 0.29) is 6.61 Å². The van der Waals surface area contributed by atoms with Crippen molar-refractivity contribution in [2.24, 2.45) is 0 Å². The second-order valence-electron chi connectivity index (χ2n) is 4.73. The maximum Gasteiger partial charge on any atom is 0.344 e. The number of carbonyl (C=O) groups is 1. The number of hydrogen-bond donors (Lipinski definition) is 0. The number of ether oxygens (including phenoxy) is 1. The Balaban J connectivity index is 1.86. The number of nitrogens with zero attached hydrogens (tertiary/aromatic N) is 4. The van der Waals surface area contributed by atoms with Gasteiger partial charge in [-0.2, -0.15) is 5.10 Å². The minimum absolute atomic E-state index is 0.115. The summed E-state index contributed by atoms with van der Waals surface area (Å²) in [6, 6.07) is 1.75. The van der Waals surface area contributed by atoms with E-state index in [1.54, 1.807) is 36.8 Å². The summed E-state index contributed by atoms with van der Waals surface area (Å²) >= 11 is 0. The van der Waals surface area contributed by atoms with Crippen LogP contribution in [0.15, 0.2) is 23.0 Å². The van der Waals surface area contributed by atoms with Crippen molar-refractivity contribution in [2.75, 3.05) is 0 Å². The molecule has 3 aromatic heterocycles. The second kappa shape index (κ2) is 5.01. The average molecular weight is 286 g/mol. The third-order valence-corrected chi connectivity index (χ3v) is 3.30. The van der Waals surface area contributed by atoms with Gasteiger partial charge in [0.05, 0.1) is 17.0 Å². The highest BCUT2D eigenvalue weighted by Gasteiger charge is 2.20. The van der Waals surface area contributed by atoms with Crippen molar-refractivity contribution in [1.29, 1.82) is 0 Å². The largest absolute Gasteiger partial charge is 0.457 e. The van der Waals surface area contributed by atoms with Gasteiger partial charge in [-0.05, 0) is 26.8 Å². The molecule has 0 aliphatic carbocycles. The Morgan fingerprint density at radius 1 is 1.33 bits per heavy atom. The van der Waals surface area contributed by atoms with E-state index in [0.717, 1.165) is 11.3 Å². The fraction of sp³-hybridized carbons (Fsp3) is 0.286. The van der Waals surface area contributed by atoms with E-state index >= 15 is 0 Å². The van der Waals surface area contributed by atoms with Crippen molar-refractivity contribution in [1.82, 2.24) is 19.8 Å². The van der Waals surface area contributed by atoms with Gasteiger partial charge in [-0.15, -0.1) is 0 Å². The van der Waals surface area contributed by atoms with Gasteiger partial charge >= 0.3 is 5.97 Å². The Kier molecular flexibility index (Phi) is 3.17. The molecule has 0 spiro atoms. The topological polar surface area (TPSA) is 82.5 Å². The van der Waals surface area contributed by atoms with Crippen LogP contribution in [0.3, 0.4) is 0 Å². The van der Waals surface area contributed by atoms with Crippen LogP contribution in [0.25, 0.3) is 5.65 Å². The van der Waals surface area contributed by atoms with Gasteiger partial charge in [-0.1, -0.05) is 5.16 Å². The van der Waals surface area contributed by atoms with E-state index in [1.165, 1.54) is 0 Å². The highest BCUT2D eigenvalue weighted by Crippen LogP contribution is 2.17. The van der Waals surface area contributed by atoms with Crippen molar-refractivity contribution in [2.45, 2.75) is 27.4 Å². The standard InChI is InChI=1S/C14H14N4O3/c1-8-11(10(3)21-17-8)7-20-14(19)12-9(2)16-18-6-4-5-15-13(12)18/h4-6H,7H2,1-3H3. The first kappa shape index (κ1) is 13.3. The van der Waals surface area contributed by atoms with Crippen LogP contribution < -0.4 is 0 Å². The minimum atomic E-state index is -0.457. The van der Waals surface area contributed by atoms with Crippen molar-refractivity contribution >= 4 is 11.6 Å². The zero-order valence-corrected chi connectivity index (χ0v) is 12.0. The molecule has 108 valence electrons. The van der Waals surface area contributed by atoms with Crippen LogP contribution in [0.4, 0.5) is 0 Å². The van der Waals surface area contributed by atoms with E-state index in [4.69, 9.17) is 9.26 Å². The summed E-state index contributed by atoms with van der Waals surface area (Å²) in [5.41, 5.74) is 2.94. The molecule has 0 aromatic carbocycles. The van der Waals surface area contributed by atoms with Gasteiger partial charge in [0.2, 0.25) is 0 Å². The summed E-state index contributed by atoms with van der Waals surface area (Å²) < 4.78 is 11.9. The molecule has 0 N–H and O–H groups in total. The molecule has 3 aromatic rings. The van der Waals surface area contributed by atoms with Gasteiger partial charge in [0.15, 0.2) is 5.65 Å². The van der Waals surface area contributed by atoms with E-state index in [1.807, 2.05) is 6.92 Å². The smallest absolute Gasteiger partial charge is 0.344 e. The summed E-state index contributed by atoms with van der Waals surface area (Å²) in [5.74, 6) is 0.191. The number of esters is 1. The highest BCUT2D eigenvalue weighted by molar-refractivity contribution is 5.97. The van der Waals surface area contributed by atoms with Crippen LogP contribution in [0.1, 0.15) is 33.1 Å². The summed E-state index contributed by atoms with van der Waals surface area (Å²) in [4.78, 5) is 16.5. The van der Waals surface area contributed by atoms with Crippen LogP contribution in [0.2, 0.25) is 0 Å². The summed E-state index contributed by atoms with van der Waals surface area (Å²) in [6.45, 7) is 5.46.